The monoisotopic (exact) mass is 312 g/mol. The molecule has 1 aliphatic carbocycles. The fraction of sp³-hybridized carbons (Fsp3) is 0.533. The van der Waals surface area contributed by atoms with Gasteiger partial charge in [-0.15, -0.1) is 0 Å². The van der Waals surface area contributed by atoms with E-state index in [9.17, 15) is 4.79 Å². The van der Waals surface area contributed by atoms with Gasteiger partial charge in [0.2, 0.25) is 0 Å². The Morgan fingerprint density at radius 2 is 2.19 bits per heavy atom. The number of rotatable bonds is 7. The highest BCUT2D eigenvalue weighted by molar-refractivity contribution is 6.33. The van der Waals surface area contributed by atoms with Crippen LogP contribution in [0.15, 0.2) is 12.1 Å². The van der Waals surface area contributed by atoms with Gasteiger partial charge in [-0.05, 0) is 24.8 Å². The van der Waals surface area contributed by atoms with Crippen LogP contribution in [0.5, 0.6) is 5.75 Å². The van der Waals surface area contributed by atoms with E-state index < -0.39 is 0 Å². The molecule has 1 aliphatic rings. The van der Waals surface area contributed by atoms with Crippen molar-refractivity contribution in [3.63, 3.8) is 0 Å². The third-order valence-electron chi connectivity index (χ3n) is 3.52. The van der Waals surface area contributed by atoms with Crippen molar-refractivity contribution in [2.75, 3.05) is 39.6 Å². The first-order valence-electron chi connectivity index (χ1n) is 6.99. The summed E-state index contributed by atoms with van der Waals surface area (Å²) in [7, 11) is 3.23. The Balaban J connectivity index is 1.95. The van der Waals surface area contributed by atoms with Crippen molar-refractivity contribution in [2.45, 2.75) is 12.8 Å². The van der Waals surface area contributed by atoms with Gasteiger partial charge < -0.3 is 20.1 Å². The average Bonchev–Trinajstić information content (AvgIpc) is 3.29. The quantitative estimate of drug-likeness (QED) is 0.620. The summed E-state index contributed by atoms with van der Waals surface area (Å²) in [4.78, 5) is 14.0. The highest BCUT2D eigenvalue weighted by atomic mass is 35.5. The first-order valence-corrected chi connectivity index (χ1v) is 7.37. The first-order chi connectivity index (χ1) is 10.0. The van der Waals surface area contributed by atoms with Crippen LogP contribution >= 0.6 is 11.6 Å². The number of amides is 1. The number of anilines is 1. The predicted molar refractivity (Wildman–Crippen MR) is 82.9 cm³/mol. The lowest BCUT2D eigenvalue weighted by Gasteiger charge is -2.19. The molecular weight excluding hydrogens is 292 g/mol. The summed E-state index contributed by atoms with van der Waals surface area (Å²) in [6, 6.07) is 3.10. The summed E-state index contributed by atoms with van der Waals surface area (Å²) in [5, 5.41) is 0.345. The molecule has 0 spiro atoms. The van der Waals surface area contributed by atoms with Gasteiger partial charge in [-0.2, -0.15) is 0 Å². The minimum atomic E-state index is -0.163. The van der Waals surface area contributed by atoms with Crippen LogP contribution in [-0.4, -0.2) is 44.7 Å². The van der Waals surface area contributed by atoms with Crippen LogP contribution < -0.4 is 10.5 Å². The largest absolute Gasteiger partial charge is 0.496 e. The van der Waals surface area contributed by atoms with Crippen molar-refractivity contribution < 1.29 is 14.3 Å². The first kappa shape index (κ1) is 15.9. The second-order valence-corrected chi connectivity index (χ2v) is 5.73. The molecule has 1 fully saturated rings. The summed E-state index contributed by atoms with van der Waals surface area (Å²) in [6.07, 6.45) is 2.52. The zero-order chi connectivity index (χ0) is 15.4. The number of carbonyl (C=O) groups excluding carboxylic acids is 1. The lowest BCUT2D eigenvalue weighted by Crippen LogP contribution is -2.30. The molecular formula is C15H21ClN2O3. The van der Waals surface area contributed by atoms with E-state index >= 15 is 0 Å². The molecule has 1 aromatic carbocycles. The van der Waals surface area contributed by atoms with Gasteiger partial charge in [0.15, 0.2) is 0 Å². The van der Waals surface area contributed by atoms with Gasteiger partial charge in [0, 0.05) is 26.3 Å². The van der Waals surface area contributed by atoms with Crippen LogP contribution in [0.1, 0.15) is 23.2 Å². The van der Waals surface area contributed by atoms with Crippen molar-refractivity contribution in [2.24, 2.45) is 5.92 Å². The van der Waals surface area contributed by atoms with E-state index in [0.29, 0.717) is 35.2 Å². The van der Waals surface area contributed by atoms with Gasteiger partial charge >= 0.3 is 0 Å². The predicted octanol–water partition coefficient (Wildman–Crippen LogP) is 2.43. The molecule has 1 amide bonds. The van der Waals surface area contributed by atoms with Crippen molar-refractivity contribution >= 4 is 23.2 Å². The summed E-state index contributed by atoms with van der Waals surface area (Å²) in [6.45, 7) is 1.85. The third-order valence-corrected chi connectivity index (χ3v) is 3.84. The molecule has 0 atom stereocenters. The molecule has 5 nitrogen and oxygen atoms in total. The number of benzene rings is 1. The number of nitrogens with two attached hydrogens (primary N) is 1. The lowest BCUT2D eigenvalue weighted by molar-refractivity contribution is 0.0678. The van der Waals surface area contributed by atoms with Crippen LogP contribution in [0.25, 0.3) is 0 Å². The van der Waals surface area contributed by atoms with Crippen LogP contribution in [-0.2, 0) is 4.74 Å². The second kappa shape index (κ2) is 7.00. The van der Waals surface area contributed by atoms with E-state index in [2.05, 4.69) is 0 Å². The molecule has 0 bridgehead atoms. The molecule has 0 aliphatic heterocycles. The van der Waals surface area contributed by atoms with Crippen molar-refractivity contribution in [3.8, 4) is 5.75 Å². The molecule has 1 aromatic rings. The number of likely N-dealkylation sites (N-methyl/N-ethyl adjacent to an activating group) is 1. The van der Waals surface area contributed by atoms with Gasteiger partial charge in [-0.1, -0.05) is 11.6 Å². The highest BCUT2D eigenvalue weighted by Crippen LogP contribution is 2.30. The Hall–Kier alpha value is -1.46. The van der Waals surface area contributed by atoms with Gasteiger partial charge in [0.25, 0.3) is 5.91 Å². The summed E-state index contributed by atoms with van der Waals surface area (Å²) in [5.74, 6) is 0.985. The van der Waals surface area contributed by atoms with Crippen molar-refractivity contribution in [1.29, 1.82) is 0 Å². The van der Waals surface area contributed by atoms with E-state index in [0.717, 1.165) is 12.5 Å². The Labute approximate surface area is 130 Å². The molecule has 2 N–H and O–H groups in total. The van der Waals surface area contributed by atoms with Crippen LogP contribution in [0.4, 0.5) is 5.69 Å². The highest BCUT2D eigenvalue weighted by Gasteiger charge is 2.22. The standard InChI is InChI=1S/C15H21ClN2O3/c1-18(5-6-21-9-10-3-4-10)15(19)11-7-12(16)13(17)8-14(11)20-2/h7-8,10H,3-6,9,17H2,1-2H3. The minimum Gasteiger partial charge on any atom is -0.496 e. The van der Waals surface area contributed by atoms with E-state index in [-0.39, 0.29) is 5.91 Å². The fourth-order valence-electron chi connectivity index (χ4n) is 1.95. The topological polar surface area (TPSA) is 64.8 Å². The fourth-order valence-corrected chi connectivity index (χ4v) is 2.11. The Kier molecular flexibility index (Phi) is 5.31. The number of halogens is 1. The zero-order valence-corrected chi connectivity index (χ0v) is 13.2. The number of carbonyl (C=O) groups is 1. The Morgan fingerprint density at radius 1 is 1.48 bits per heavy atom. The summed E-state index contributed by atoms with van der Waals surface area (Å²) in [5.41, 5.74) is 6.51. The number of methoxy groups -OCH3 is 1. The van der Waals surface area contributed by atoms with Crippen molar-refractivity contribution in [3.05, 3.63) is 22.7 Å². The zero-order valence-electron chi connectivity index (χ0n) is 12.4. The minimum absolute atomic E-state index is 0.163. The maximum Gasteiger partial charge on any atom is 0.257 e. The van der Waals surface area contributed by atoms with Crippen LogP contribution in [0, 0.1) is 5.92 Å². The summed E-state index contributed by atoms with van der Waals surface area (Å²) < 4.78 is 10.7. The van der Waals surface area contributed by atoms with Crippen LogP contribution in [0.3, 0.4) is 0 Å². The number of nitrogens with zero attached hydrogens (tertiary/aromatic N) is 1. The normalized spacial score (nSPS) is 14.0. The molecule has 0 aromatic heterocycles. The number of nitrogen functional groups attached to an aromatic ring is 1. The maximum atomic E-state index is 12.4. The number of ether oxygens (including phenoxy) is 2. The van der Waals surface area contributed by atoms with E-state index in [1.807, 2.05) is 0 Å². The third kappa shape index (κ3) is 4.25. The van der Waals surface area contributed by atoms with E-state index in [1.165, 1.54) is 20.0 Å². The molecule has 21 heavy (non-hydrogen) atoms. The van der Waals surface area contributed by atoms with Gasteiger partial charge in [-0.25, -0.2) is 0 Å². The van der Waals surface area contributed by atoms with Gasteiger partial charge in [0.05, 0.1) is 30.0 Å². The van der Waals surface area contributed by atoms with E-state index in [4.69, 9.17) is 26.8 Å². The average molecular weight is 313 g/mol. The van der Waals surface area contributed by atoms with Crippen molar-refractivity contribution in [1.82, 2.24) is 4.90 Å². The number of hydrogen-bond acceptors (Lipinski definition) is 4. The molecule has 0 unspecified atom stereocenters. The van der Waals surface area contributed by atoms with Gasteiger partial charge in [-0.3, -0.25) is 4.79 Å². The van der Waals surface area contributed by atoms with Crippen LogP contribution in [0.2, 0.25) is 5.02 Å². The van der Waals surface area contributed by atoms with E-state index in [1.54, 1.807) is 24.1 Å². The Bertz CT molecular complexity index is 518. The summed E-state index contributed by atoms with van der Waals surface area (Å²) >= 11 is 5.98. The number of hydrogen-bond donors (Lipinski definition) is 1. The molecule has 2 rings (SSSR count). The van der Waals surface area contributed by atoms with Gasteiger partial charge in [0.1, 0.15) is 5.75 Å². The molecule has 6 heteroatoms. The molecule has 0 heterocycles. The molecule has 0 saturated heterocycles. The SMILES string of the molecule is COc1cc(N)c(Cl)cc1C(=O)N(C)CCOCC1CC1. The molecule has 0 radical (unpaired) electrons. The molecule has 116 valence electrons. The molecule has 1 saturated carbocycles. The maximum absolute atomic E-state index is 12.4. The second-order valence-electron chi connectivity index (χ2n) is 5.32. The lowest BCUT2D eigenvalue weighted by atomic mass is 10.1. The Morgan fingerprint density at radius 3 is 2.81 bits per heavy atom. The smallest absolute Gasteiger partial charge is 0.257 e.